The Morgan fingerprint density at radius 1 is 0.194 bits per heavy atom. The molecule has 0 amide bonds. The van der Waals surface area contributed by atoms with Gasteiger partial charge in [0.15, 0.2) is 12.6 Å². The van der Waals surface area contributed by atoms with Crippen LogP contribution in [0.3, 0.4) is 0 Å². The Labute approximate surface area is 540 Å². The zero-order valence-corrected chi connectivity index (χ0v) is 48.7. The molecule has 0 aromatic heterocycles. The lowest BCUT2D eigenvalue weighted by atomic mass is 9.78. The minimum atomic E-state index is -11.3. The highest BCUT2D eigenvalue weighted by atomic mass is 19.4. The lowest BCUT2D eigenvalue weighted by molar-refractivity contribution is -0.647. The second-order valence-electron chi connectivity index (χ2n) is 21.7. The summed E-state index contributed by atoms with van der Waals surface area (Å²) >= 11 is 0. The van der Waals surface area contributed by atoms with Crippen molar-refractivity contribution in [3.63, 3.8) is 0 Å². The molecule has 0 saturated carbocycles. The third kappa shape index (κ3) is 18.5. The van der Waals surface area contributed by atoms with Crippen LogP contribution in [0.4, 0.5) is 176 Å². The zero-order valence-electron chi connectivity index (χ0n) is 48.7. The van der Waals surface area contributed by atoms with Crippen LogP contribution in [0.5, 0.6) is 0 Å². The molecule has 0 N–H and O–H groups in total. The predicted molar refractivity (Wildman–Crippen MR) is 225 cm³/mol. The van der Waals surface area contributed by atoms with Crippen molar-refractivity contribution in [1.29, 1.82) is 0 Å². The highest BCUT2D eigenvalue weighted by Crippen LogP contribution is 2.75. The number of ether oxygens (including phenoxy) is 19. The van der Waals surface area contributed by atoms with Gasteiger partial charge in [-0.2, -0.15) is 176 Å². The Bertz CT molecular complexity index is 2640. The number of halogens is 40. The van der Waals surface area contributed by atoms with E-state index in [-0.39, 0.29) is 0 Å². The maximum absolute atomic E-state index is 17.5. The van der Waals surface area contributed by atoms with E-state index in [0.717, 1.165) is 4.74 Å². The van der Waals surface area contributed by atoms with Gasteiger partial charge in [0, 0.05) is 0 Å². The van der Waals surface area contributed by atoms with E-state index in [2.05, 4.69) is 56.8 Å². The second-order valence-corrected chi connectivity index (χ2v) is 21.7. The fourth-order valence-corrected chi connectivity index (χ4v) is 7.32. The Balaban J connectivity index is 1.79. The number of alkyl halides is 40. The van der Waals surface area contributed by atoms with Crippen LogP contribution in [0.15, 0.2) is 0 Å². The van der Waals surface area contributed by atoms with Crippen molar-refractivity contribution in [1.82, 2.24) is 0 Å². The van der Waals surface area contributed by atoms with Crippen LogP contribution in [0, 0.1) is 10.8 Å². The first-order valence-corrected chi connectivity index (χ1v) is 26.6. The van der Waals surface area contributed by atoms with Crippen LogP contribution in [0.25, 0.3) is 0 Å². The monoisotopic (exact) mass is 1630 g/mol. The highest BCUT2D eigenvalue weighted by Gasteiger charge is 3.03. The second kappa shape index (κ2) is 28.4. The molecule has 0 aliphatic carbocycles. The molecule has 6 aliphatic heterocycles. The summed E-state index contributed by atoms with van der Waals surface area (Å²) in [5.41, 5.74) is -22.5. The standard InChI is InChI=1S/C44H38F40O19/c45-23(46,11-85-1-17-5-89-17)31(57,58)97-37(69,70)29(38(71,72)98-32(59,60)24(47,48)12-86-2-18-6-90-18,39(73,74)99-33(61,62)25(49,50)13-87-3-19-7-91-19)43(81,82)103-44(83,84)30(41(77,78)101-35(65,66)27(53,54)15-95-21-9-93-21,42(79,80)102-36(67,68)28(55,56)16-96-22-10-94-22)40(75,76)100-34(63,64)26(51,52)14-88-4-20-8-92-20/h17-22H,1-16H2. The number of epoxide rings is 6. The summed E-state index contributed by atoms with van der Waals surface area (Å²) in [6.07, 6.45) is -149. The van der Waals surface area contributed by atoms with Crippen molar-refractivity contribution in [3.8, 4) is 0 Å². The van der Waals surface area contributed by atoms with E-state index in [1.165, 1.54) is 28.4 Å². The number of hydrogen-bond donors (Lipinski definition) is 0. The van der Waals surface area contributed by atoms with Gasteiger partial charge in [-0.05, 0) is 0 Å². The van der Waals surface area contributed by atoms with Gasteiger partial charge in [0.25, 0.3) is 0 Å². The van der Waals surface area contributed by atoms with Crippen molar-refractivity contribution in [2.45, 2.75) is 158 Å². The maximum atomic E-state index is 17.5. The first kappa shape index (κ1) is 88.3. The Hall–Kier alpha value is -3.56. The largest absolute Gasteiger partial charge is 0.426 e. The summed E-state index contributed by atoms with van der Waals surface area (Å²) in [4.78, 5) is 0. The molecule has 608 valence electrons. The van der Waals surface area contributed by atoms with E-state index in [1.807, 2.05) is 0 Å². The third-order valence-electron chi connectivity index (χ3n) is 13.3. The van der Waals surface area contributed by atoms with Crippen molar-refractivity contribution >= 4 is 0 Å². The maximum Gasteiger partial charge on any atom is 0.426 e. The Kier molecular flexibility index (Phi) is 24.4. The Morgan fingerprint density at radius 3 is 0.466 bits per heavy atom. The molecule has 6 unspecified atom stereocenters. The van der Waals surface area contributed by atoms with Gasteiger partial charge in [-0.1, -0.05) is 0 Å². The molecule has 6 fully saturated rings. The zero-order chi connectivity index (χ0) is 79.2. The SMILES string of the molecule is FC(F)(COCC1CO1)C(F)(F)OC(F)(F)C(C(F)(F)OC(F)(F)C(F)(F)COCC1CO1)(C(F)(F)OC(F)(F)C(F)(F)COCC1CO1)C(F)(F)OC(F)(F)C(C(F)(F)OC(F)(F)C(F)(F)COCC1CO1)(C(F)(F)OC(F)(F)C(F)(F)COC1CO1)C(F)(F)OC(F)(F)C(F)(F)COC1CO1. The van der Waals surface area contributed by atoms with Crippen molar-refractivity contribution in [3.05, 3.63) is 0 Å². The Morgan fingerprint density at radius 2 is 0.330 bits per heavy atom. The highest BCUT2D eigenvalue weighted by molar-refractivity contribution is 5.13. The average Bonchev–Trinajstić information content (AvgIpc) is 1.66. The molecule has 0 bridgehead atoms. The van der Waals surface area contributed by atoms with Gasteiger partial charge in [-0.25, -0.2) is 28.4 Å². The fraction of sp³-hybridized carbons (Fsp3) is 1.00. The molecule has 19 nitrogen and oxygen atoms in total. The normalized spacial score (nSPS) is 24.1. The molecule has 0 spiro atoms. The summed E-state index contributed by atoms with van der Waals surface area (Å²) in [6, 6.07) is 0. The molecule has 6 rings (SSSR count). The summed E-state index contributed by atoms with van der Waals surface area (Å²) in [5, 5.41) is 0. The lowest BCUT2D eigenvalue weighted by Crippen LogP contribution is -2.81. The summed E-state index contributed by atoms with van der Waals surface area (Å²) in [7, 11) is 0. The molecule has 6 atom stereocenters. The lowest BCUT2D eigenvalue weighted by Gasteiger charge is -2.54. The van der Waals surface area contributed by atoms with Crippen molar-refractivity contribution < 1.29 is 266 Å². The van der Waals surface area contributed by atoms with Crippen molar-refractivity contribution in [2.24, 2.45) is 10.8 Å². The fourth-order valence-electron chi connectivity index (χ4n) is 7.32. The molecule has 6 aliphatic rings. The minimum Gasteiger partial charge on any atom is -0.372 e. The molecule has 6 saturated heterocycles. The molecule has 0 aromatic carbocycles. The first-order chi connectivity index (χ1) is 45.9. The molecule has 103 heavy (non-hydrogen) atoms. The molecule has 59 heteroatoms. The van der Waals surface area contributed by atoms with E-state index in [0.29, 0.717) is 0 Å². The number of hydrogen-bond acceptors (Lipinski definition) is 19. The molecular formula is C44H38F40O19. The number of rotatable bonds is 50. The van der Waals surface area contributed by atoms with Crippen molar-refractivity contribution in [2.75, 3.05) is 106 Å². The first-order valence-electron chi connectivity index (χ1n) is 26.6. The molecular weight excluding hydrogens is 1590 g/mol. The van der Waals surface area contributed by atoms with E-state index < -0.39 is 275 Å². The van der Waals surface area contributed by atoms with Crippen LogP contribution in [0.2, 0.25) is 0 Å². The van der Waals surface area contributed by atoms with Gasteiger partial charge in [0.2, 0.25) is 0 Å². The smallest absolute Gasteiger partial charge is 0.372 e. The third-order valence-corrected chi connectivity index (χ3v) is 13.3. The van der Waals surface area contributed by atoms with Crippen LogP contribution >= 0.6 is 0 Å². The van der Waals surface area contributed by atoms with Gasteiger partial charge in [-0.3, -0.25) is 4.74 Å². The minimum absolute atomic E-state index is 0.756. The average molecular weight is 1630 g/mol. The van der Waals surface area contributed by atoms with E-state index in [9.17, 15) is 0 Å². The van der Waals surface area contributed by atoms with Gasteiger partial charge in [0.05, 0.1) is 52.9 Å². The van der Waals surface area contributed by atoms with Gasteiger partial charge in [-0.15, -0.1) is 0 Å². The summed E-state index contributed by atoms with van der Waals surface area (Å²) in [6.45, 7) is -34.8. The summed E-state index contributed by atoms with van der Waals surface area (Å²) in [5.74, 6) is -45.2. The topological polar surface area (TPSA) is 195 Å². The van der Waals surface area contributed by atoms with E-state index >= 15 is 176 Å². The van der Waals surface area contributed by atoms with Crippen LogP contribution < -0.4 is 0 Å². The van der Waals surface area contributed by atoms with Crippen LogP contribution in [-0.2, 0) is 90.0 Å². The van der Waals surface area contributed by atoms with Crippen LogP contribution in [-0.4, -0.2) is 264 Å². The van der Waals surface area contributed by atoms with Gasteiger partial charge < -0.3 is 56.8 Å². The summed E-state index contributed by atoms with van der Waals surface area (Å²) < 4.78 is 698. The quantitative estimate of drug-likeness (QED) is 0.0412. The predicted octanol–water partition coefficient (Wildman–Crippen LogP) is 11.6. The molecule has 0 radical (unpaired) electrons. The van der Waals surface area contributed by atoms with Crippen LogP contribution in [0.1, 0.15) is 0 Å². The molecule has 0 aromatic rings. The van der Waals surface area contributed by atoms with Gasteiger partial charge in [0.1, 0.15) is 77.3 Å². The molecule has 6 heterocycles. The van der Waals surface area contributed by atoms with Gasteiger partial charge >= 0.3 is 132 Å². The van der Waals surface area contributed by atoms with E-state index in [4.69, 9.17) is 0 Å². The van der Waals surface area contributed by atoms with E-state index in [1.54, 1.807) is 0 Å².